The first-order valence-electron chi connectivity index (χ1n) is 10.7. The number of hydrogen-bond acceptors (Lipinski definition) is 5. The summed E-state index contributed by atoms with van der Waals surface area (Å²) in [6, 6.07) is 6.56. The fraction of sp³-hybridized carbons (Fsp3) is 0.130. The van der Waals surface area contributed by atoms with Gasteiger partial charge < -0.3 is 21.7 Å². The van der Waals surface area contributed by atoms with Crippen LogP contribution in [0.1, 0.15) is 15.9 Å². The van der Waals surface area contributed by atoms with E-state index in [0.717, 1.165) is 12.4 Å². The van der Waals surface area contributed by atoms with Gasteiger partial charge in [-0.15, -0.1) is 0 Å². The first-order chi connectivity index (χ1) is 18.2. The van der Waals surface area contributed by atoms with Gasteiger partial charge in [0, 0.05) is 23.1 Å². The van der Waals surface area contributed by atoms with E-state index in [0.29, 0.717) is 17.7 Å². The average molecular weight is 555 g/mol. The molecule has 5 N–H and O–H groups in total. The van der Waals surface area contributed by atoms with E-state index in [4.69, 9.17) is 5.73 Å². The summed E-state index contributed by atoms with van der Waals surface area (Å²) < 4.78 is 91.2. The van der Waals surface area contributed by atoms with Crippen molar-refractivity contribution >= 4 is 34.6 Å². The largest absolute Gasteiger partial charge is 0.419 e. The number of urea groups is 1. The Morgan fingerprint density at radius 3 is 2.23 bits per heavy atom. The molecule has 2 aromatic carbocycles. The molecule has 0 aliphatic rings. The minimum absolute atomic E-state index is 0.0611. The molecule has 16 heteroatoms. The molecule has 204 valence electrons. The van der Waals surface area contributed by atoms with Gasteiger partial charge in [0.05, 0.1) is 11.1 Å². The maximum atomic E-state index is 13.5. The minimum atomic E-state index is -4.96. The monoisotopic (exact) mass is 555 g/mol. The molecule has 0 saturated heterocycles. The van der Waals surface area contributed by atoms with Crippen molar-refractivity contribution in [3.05, 3.63) is 71.9 Å². The Kier molecular flexibility index (Phi) is 7.04. The number of carbonyl (C=O) groups excluding carboxylic acids is 2. The number of nitrogens with zero attached hydrogens (tertiary/aromatic N) is 3. The summed E-state index contributed by atoms with van der Waals surface area (Å²) in [5, 5.41) is 10.2. The van der Waals surface area contributed by atoms with Crippen molar-refractivity contribution in [3.63, 3.8) is 0 Å². The third-order valence-corrected chi connectivity index (χ3v) is 5.26. The lowest BCUT2D eigenvalue weighted by Crippen LogP contribution is -2.33. The van der Waals surface area contributed by atoms with Crippen molar-refractivity contribution in [1.29, 1.82) is 0 Å². The molecule has 0 saturated carbocycles. The Labute approximate surface area is 213 Å². The molecule has 0 aliphatic heterocycles. The smallest absolute Gasteiger partial charge is 0.382 e. The van der Waals surface area contributed by atoms with Crippen molar-refractivity contribution in [1.82, 2.24) is 19.9 Å². The van der Waals surface area contributed by atoms with Gasteiger partial charge in [0.25, 0.3) is 5.91 Å². The highest BCUT2D eigenvalue weighted by Crippen LogP contribution is 2.34. The van der Waals surface area contributed by atoms with Gasteiger partial charge in [-0.25, -0.2) is 18.7 Å². The van der Waals surface area contributed by atoms with Gasteiger partial charge in [0.2, 0.25) is 0 Å². The number of hydrogen-bond donors (Lipinski definition) is 4. The summed E-state index contributed by atoms with van der Waals surface area (Å²) in [6.07, 6.45) is -7.34. The quantitative estimate of drug-likeness (QED) is 0.256. The molecular weight excluding hydrogens is 539 g/mol. The number of halogens is 7. The molecule has 0 aliphatic carbocycles. The molecule has 0 spiro atoms. The predicted molar refractivity (Wildman–Crippen MR) is 125 cm³/mol. The van der Waals surface area contributed by atoms with E-state index in [-0.39, 0.29) is 33.8 Å². The molecule has 0 unspecified atom stereocenters. The summed E-state index contributed by atoms with van der Waals surface area (Å²) >= 11 is 0. The number of carbonyl (C=O) groups is 2. The maximum Gasteiger partial charge on any atom is 0.419 e. The van der Waals surface area contributed by atoms with Gasteiger partial charge in [0.15, 0.2) is 5.82 Å². The Morgan fingerprint density at radius 1 is 0.949 bits per heavy atom. The number of nitrogen functional groups attached to an aromatic ring is 1. The number of aromatic nitrogens is 3. The van der Waals surface area contributed by atoms with E-state index in [9.17, 15) is 40.3 Å². The third-order valence-electron chi connectivity index (χ3n) is 5.26. The Bertz CT molecular complexity index is 1550. The van der Waals surface area contributed by atoms with Crippen molar-refractivity contribution in [3.8, 4) is 11.1 Å². The fourth-order valence-corrected chi connectivity index (χ4v) is 3.61. The van der Waals surface area contributed by atoms with Crippen LogP contribution in [0.4, 0.5) is 52.7 Å². The standard InChI is InChI=1S/C23H16F7N7O2/c24-16-6-5-13(7-15(16)23(28,29)30)36-21(39)35-12-3-1-11(2-4-12)17-14(20(38)32-9-22(25,26)27)8-37-18(17)19(31)33-10-34-37/h1-8,10H,9H2,(H,32,38)(H2,31,33,34)(H2,35,36,39). The highest BCUT2D eigenvalue weighted by Gasteiger charge is 2.34. The van der Waals surface area contributed by atoms with E-state index < -0.39 is 42.2 Å². The second-order valence-corrected chi connectivity index (χ2v) is 8.00. The van der Waals surface area contributed by atoms with Crippen molar-refractivity contribution in [2.45, 2.75) is 12.4 Å². The van der Waals surface area contributed by atoms with Crippen LogP contribution in [-0.2, 0) is 6.18 Å². The molecule has 39 heavy (non-hydrogen) atoms. The number of alkyl halides is 6. The molecule has 0 atom stereocenters. The lowest BCUT2D eigenvalue weighted by atomic mass is 10.0. The van der Waals surface area contributed by atoms with Gasteiger partial charge in [-0.3, -0.25) is 4.79 Å². The molecule has 2 heterocycles. The first kappa shape index (κ1) is 27.2. The Balaban J connectivity index is 1.58. The van der Waals surface area contributed by atoms with Gasteiger partial charge in [-0.05, 0) is 35.9 Å². The Hall–Kier alpha value is -4.89. The van der Waals surface area contributed by atoms with Crippen molar-refractivity contribution < 1.29 is 40.3 Å². The van der Waals surface area contributed by atoms with Crippen LogP contribution in [0.15, 0.2) is 55.0 Å². The molecule has 3 amide bonds. The normalized spacial score (nSPS) is 11.9. The number of nitrogens with two attached hydrogens (primary N) is 1. The molecule has 4 aromatic rings. The van der Waals surface area contributed by atoms with Crippen LogP contribution >= 0.6 is 0 Å². The van der Waals surface area contributed by atoms with Crippen LogP contribution in [0.25, 0.3) is 16.6 Å². The summed E-state index contributed by atoms with van der Waals surface area (Å²) in [7, 11) is 0. The van der Waals surface area contributed by atoms with E-state index >= 15 is 0 Å². The number of anilines is 3. The number of benzene rings is 2. The van der Waals surface area contributed by atoms with Crippen LogP contribution in [0.2, 0.25) is 0 Å². The molecule has 4 rings (SSSR count). The summed E-state index contributed by atoms with van der Waals surface area (Å²) in [5.41, 5.74) is 4.60. The fourth-order valence-electron chi connectivity index (χ4n) is 3.61. The summed E-state index contributed by atoms with van der Waals surface area (Å²) in [4.78, 5) is 28.7. The third kappa shape index (κ3) is 6.16. The zero-order valence-corrected chi connectivity index (χ0v) is 19.3. The lowest BCUT2D eigenvalue weighted by Gasteiger charge is -2.12. The van der Waals surface area contributed by atoms with Crippen LogP contribution < -0.4 is 21.7 Å². The van der Waals surface area contributed by atoms with E-state index in [2.05, 4.69) is 20.7 Å². The van der Waals surface area contributed by atoms with Crippen molar-refractivity contribution in [2.24, 2.45) is 0 Å². The Morgan fingerprint density at radius 2 is 1.59 bits per heavy atom. The number of fused-ring (bicyclic) bond motifs is 1. The van der Waals surface area contributed by atoms with Gasteiger partial charge in [-0.2, -0.15) is 31.4 Å². The van der Waals surface area contributed by atoms with E-state index in [1.54, 1.807) is 5.32 Å². The lowest BCUT2D eigenvalue weighted by molar-refractivity contribution is -0.140. The van der Waals surface area contributed by atoms with Crippen LogP contribution in [0.3, 0.4) is 0 Å². The highest BCUT2D eigenvalue weighted by atomic mass is 19.4. The maximum absolute atomic E-state index is 13.5. The van der Waals surface area contributed by atoms with Gasteiger partial charge >= 0.3 is 18.4 Å². The topological polar surface area (TPSA) is 126 Å². The van der Waals surface area contributed by atoms with Crippen LogP contribution in [0.5, 0.6) is 0 Å². The molecule has 9 nitrogen and oxygen atoms in total. The average Bonchev–Trinajstić information content (AvgIpc) is 3.24. The zero-order chi connectivity index (χ0) is 28.5. The second kappa shape index (κ2) is 10.1. The van der Waals surface area contributed by atoms with Crippen LogP contribution in [-0.4, -0.2) is 39.3 Å². The second-order valence-electron chi connectivity index (χ2n) is 8.00. The predicted octanol–water partition coefficient (Wildman–Crippen LogP) is 5.07. The van der Waals surface area contributed by atoms with Crippen molar-refractivity contribution in [2.75, 3.05) is 22.9 Å². The van der Waals surface area contributed by atoms with Crippen LogP contribution in [0, 0.1) is 5.82 Å². The molecule has 0 fully saturated rings. The first-order valence-corrected chi connectivity index (χ1v) is 10.7. The van der Waals surface area contributed by atoms with E-state index in [1.165, 1.54) is 35.0 Å². The van der Waals surface area contributed by atoms with Gasteiger partial charge in [0.1, 0.15) is 24.2 Å². The molecular formula is C23H16F7N7O2. The minimum Gasteiger partial charge on any atom is -0.382 e. The molecule has 0 radical (unpaired) electrons. The summed E-state index contributed by atoms with van der Waals surface area (Å²) in [5.74, 6) is -2.61. The number of rotatable bonds is 5. The molecule has 0 bridgehead atoms. The zero-order valence-electron chi connectivity index (χ0n) is 19.3. The number of nitrogens with one attached hydrogen (secondary N) is 3. The number of amides is 3. The summed E-state index contributed by atoms with van der Waals surface area (Å²) in [6.45, 7) is -1.57. The van der Waals surface area contributed by atoms with Gasteiger partial charge in [-0.1, -0.05) is 12.1 Å². The highest BCUT2D eigenvalue weighted by molar-refractivity contribution is 6.07. The molecule has 2 aromatic heterocycles. The van der Waals surface area contributed by atoms with E-state index in [1.807, 2.05) is 0 Å². The SMILES string of the molecule is Nc1ncnn2cc(C(=O)NCC(F)(F)F)c(-c3ccc(NC(=O)Nc4ccc(F)c(C(F)(F)F)c4)cc3)c12.